The Morgan fingerprint density at radius 3 is 2.55 bits per heavy atom. The van der Waals surface area contributed by atoms with E-state index in [4.69, 9.17) is 10.3 Å². The van der Waals surface area contributed by atoms with Gasteiger partial charge >= 0.3 is 10.1 Å². The first-order valence-electron chi connectivity index (χ1n) is 2.75. The van der Waals surface area contributed by atoms with Crippen molar-refractivity contribution in [2.45, 2.75) is 5.50 Å². The van der Waals surface area contributed by atoms with Crippen molar-refractivity contribution in [3.05, 3.63) is 10.4 Å². The van der Waals surface area contributed by atoms with Gasteiger partial charge < -0.3 is 10.6 Å². The second-order valence-corrected chi connectivity index (χ2v) is 4.90. The van der Waals surface area contributed by atoms with Crippen molar-refractivity contribution >= 4 is 21.9 Å². The molecule has 1 heterocycles. The molecule has 0 aromatic heterocycles. The summed E-state index contributed by atoms with van der Waals surface area (Å²) in [6, 6.07) is 0. The smallest absolute Gasteiger partial charge is 0.302 e. The Labute approximate surface area is 69.0 Å². The summed E-state index contributed by atoms with van der Waals surface area (Å²) >= 11 is 0.907. The molecule has 5 nitrogen and oxygen atoms in total. The Hall–Kier alpha value is -0.240. The fourth-order valence-electron chi connectivity index (χ4n) is 0.600. The standard InChI is InChI=1S/C4H8N2O3S2/c1-6-2-3(10-4(6)5)11(7,8)9/h2,4H,5H2,1H3,(H,7,8,9). The van der Waals surface area contributed by atoms with Crippen LogP contribution in [0.3, 0.4) is 0 Å². The molecule has 0 saturated heterocycles. The highest BCUT2D eigenvalue weighted by Gasteiger charge is 2.26. The van der Waals surface area contributed by atoms with Gasteiger partial charge in [0.2, 0.25) is 0 Å². The molecule has 64 valence electrons. The molecule has 1 aliphatic rings. The van der Waals surface area contributed by atoms with E-state index < -0.39 is 15.6 Å². The minimum atomic E-state index is -4.07. The summed E-state index contributed by atoms with van der Waals surface area (Å²) in [5.74, 6) is 0. The molecule has 1 aliphatic heterocycles. The summed E-state index contributed by atoms with van der Waals surface area (Å²) in [4.78, 5) is 1.51. The summed E-state index contributed by atoms with van der Waals surface area (Å²) in [6.45, 7) is 0. The maximum Gasteiger partial charge on any atom is 0.302 e. The number of hydrogen-bond donors (Lipinski definition) is 2. The van der Waals surface area contributed by atoms with Crippen LogP contribution in [0.4, 0.5) is 0 Å². The Bertz CT molecular complexity index is 284. The van der Waals surface area contributed by atoms with Crippen molar-refractivity contribution in [1.82, 2.24) is 4.90 Å². The van der Waals surface area contributed by atoms with Gasteiger partial charge in [0.25, 0.3) is 0 Å². The molecule has 11 heavy (non-hydrogen) atoms. The van der Waals surface area contributed by atoms with E-state index in [1.54, 1.807) is 7.05 Å². The van der Waals surface area contributed by atoms with Crippen LogP contribution in [0.25, 0.3) is 0 Å². The predicted octanol–water partition coefficient (Wildman–Crippen LogP) is -0.406. The second kappa shape index (κ2) is 2.67. The monoisotopic (exact) mass is 196 g/mol. The van der Waals surface area contributed by atoms with Crippen molar-refractivity contribution in [3.63, 3.8) is 0 Å². The lowest BCUT2D eigenvalue weighted by atomic mass is 10.8. The molecule has 1 rings (SSSR count). The normalized spacial score (nSPS) is 25.5. The van der Waals surface area contributed by atoms with E-state index in [2.05, 4.69) is 0 Å². The third-order valence-electron chi connectivity index (χ3n) is 1.20. The molecule has 1 atom stereocenters. The lowest BCUT2D eigenvalue weighted by Crippen LogP contribution is -2.28. The maximum absolute atomic E-state index is 10.5. The zero-order valence-corrected chi connectivity index (χ0v) is 7.39. The highest BCUT2D eigenvalue weighted by atomic mass is 32.3. The molecule has 0 bridgehead atoms. The number of nitrogens with zero attached hydrogens (tertiary/aromatic N) is 1. The molecule has 3 N–H and O–H groups in total. The maximum atomic E-state index is 10.5. The molecule has 0 radical (unpaired) electrons. The van der Waals surface area contributed by atoms with Gasteiger partial charge in [-0.25, -0.2) is 0 Å². The average molecular weight is 196 g/mol. The predicted molar refractivity (Wildman–Crippen MR) is 43.0 cm³/mol. The van der Waals surface area contributed by atoms with Crippen molar-refractivity contribution in [2.75, 3.05) is 7.05 Å². The molecule has 0 amide bonds. The van der Waals surface area contributed by atoms with Crippen LogP contribution in [-0.4, -0.2) is 30.4 Å². The number of rotatable bonds is 1. The third-order valence-corrected chi connectivity index (χ3v) is 3.65. The minimum Gasteiger partial charge on any atom is -0.355 e. The summed E-state index contributed by atoms with van der Waals surface area (Å²) in [7, 11) is -2.43. The molecular weight excluding hydrogens is 188 g/mol. The summed E-state index contributed by atoms with van der Waals surface area (Å²) in [6.07, 6.45) is 1.30. The van der Waals surface area contributed by atoms with E-state index in [9.17, 15) is 8.42 Å². The van der Waals surface area contributed by atoms with Gasteiger partial charge in [-0.2, -0.15) is 8.42 Å². The lowest BCUT2D eigenvalue weighted by Gasteiger charge is -2.12. The summed E-state index contributed by atoms with van der Waals surface area (Å²) < 4.78 is 29.5. The van der Waals surface area contributed by atoms with Crippen molar-refractivity contribution in [3.8, 4) is 0 Å². The molecule has 0 spiro atoms. The Morgan fingerprint density at radius 2 is 2.36 bits per heavy atom. The average Bonchev–Trinajstić information content (AvgIpc) is 2.11. The van der Waals surface area contributed by atoms with Gasteiger partial charge in [-0.3, -0.25) is 4.55 Å². The van der Waals surface area contributed by atoms with E-state index in [1.807, 2.05) is 0 Å². The van der Waals surface area contributed by atoms with Crippen LogP contribution in [0.15, 0.2) is 10.4 Å². The number of hydrogen-bond acceptors (Lipinski definition) is 5. The van der Waals surface area contributed by atoms with Crippen LogP contribution >= 0.6 is 11.8 Å². The van der Waals surface area contributed by atoms with E-state index in [-0.39, 0.29) is 4.24 Å². The van der Waals surface area contributed by atoms with E-state index in [0.717, 1.165) is 11.8 Å². The van der Waals surface area contributed by atoms with Crippen molar-refractivity contribution in [1.29, 1.82) is 0 Å². The van der Waals surface area contributed by atoms with Gasteiger partial charge in [-0.15, -0.1) is 0 Å². The second-order valence-electron chi connectivity index (χ2n) is 2.10. The Kier molecular flexibility index (Phi) is 2.15. The quantitative estimate of drug-likeness (QED) is 0.555. The van der Waals surface area contributed by atoms with E-state index in [1.165, 1.54) is 11.1 Å². The topological polar surface area (TPSA) is 83.6 Å². The van der Waals surface area contributed by atoms with Crippen LogP contribution in [0.5, 0.6) is 0 Å². The Balaban J connectivity index is 2.89. The van der Waals surface area contributed by atoms with Crippen LogP contribution in [0.2, 0.25) is 0 Å². The minimum absolute atomic E-state index is 0.104. The number of thioether (sulfide) groups is 1. The van der Waals surface area contributed by atoms with Crippen LogP contribution in [0.1, 0.15) is 0 Å². The van der Waals surface area contributed by atoms with Gasteiger partial charge in [-0.05, 0) is 0 Å². The Morgan fingerprint density at radius 1 is 1.82 bits per heavy atom. The molecule has 7 heteroatoms. The van der Waals surface area contributed by atoms with Crippen molar-refractivity contribution < 1.29 is 13.0 Å². The summed E-state index contributed by atoms with van der Waals surface area (Å²) in [5.41, 5.74) is 5.00. The molecule has 0 fully saturated rings. The van der Waals surface area contributed by atoms with Crippen LogP contribution in [-0.2, 0) is 10.1 Å². The van der Waals surface area contributed by atoms with Gasteiger partial charge in [0.05, 0.1) is 0 Å². The molecule has 0 aromatic carbocycles. The van der Waals surface area contributed by atoms with E-state index >= 15 is 0 Å². The van der Waals surface area contributed by atoms with Gasteiger partial charge in [0.15, 0.2) is 0 Å². The summed E-state index contributed by atoms with van der Waals surface area (Å²) in [5, 5.41) is 0. The molecule has 1 unspecified atom stereocenters. The van der Waals surface area contributed by atoms with E-state index in [0.29, 0.717) is 0 Å². The zero-order chi connectivity index (χ0) is 8.65. The fourth-order valence-corrected chi connectivity index (χ4v) is 2.37. The first kappa shape index (κ1) is 8.85. The zero-order valence-electron chi connectivity index (χ0n) is 5.76. The van der Waals surface area contributed by atoms with Crippen LogP contribution < -0.4 is 5.73 Å². The lowest BCUT2D eigenvalue weighted by molar-refractivity contribution is 0.445. The van der Waals surface area contributed by atoms with Crippen LogP contribution in [0, 0.1) is 0 Å². The van der Waals surface area contributed by atoms with Gasteiger partial charge in [0.1, 0.15) is 9.73 Å². The molecular formula is C4H8N2O3S2. The van der Waals surface area contributed by atoms with Crippen molar-refractivity contribution in [2.24, 2.45) is 5.73 Å². The molecule has 0 aromatic rings. The molecule has 0 saturated carbocycles. The van der Waals surface area contributed by atoms with Gasteiger partial charge in [0, 0.05) is 13.2 Å². The highest BCUT2D eigenvalue weighted by molar-refractivity contribution is 8.17. The fraction of sp³-hybridized carbons (Fsp3) is 0.500. The SMILES string of the molecule is CN1C=C(S(=O)(=O)O)SC1N. The first-order chi connectivity index (χ1) is 4.91. The molecule has 0 aliphatic carbocycles. The number of nitrogens with two attached hydrogens (primary N) is 1. The highest BCUT2D eigenvalue weighted by Crippen LogP contribution is 2.31. The third kappa shape index (κ3) is 1.86. The largest absolute Gasteiger partial charge is 0.355 e. The first-order valence-corrected chi connectivity index (χ1v) is 5.07. The van der Waals surface area contributed by atoms with Gasteiger partial charge in [-0.1, -0.05) is 11.8 Å².